The van der Waals surface area contributed by atoms with Gasteiger partial charge in [-0.2, -0.15) is 4.31 Å². The van der Waals surface area contributed by atoms with E-state index in [0.717, 1.165) is 0 Å². The average molecular weight is 403 g/mol. The van der Waals surface area contributed by atoms with Crippen molar-refractivity contribution in [3.8, 4) is 0 Å². The highest BCUT2D eigenvalue weighted by Gasteiger charge is 2.29. The van der Waals surface area contributed by atoms with E-state index in [1.54, 1.807) is 26.2 Å². The lowest BCUT2D eigenvalue weighted by Crippen LogP contribution is -2.51. The van der Waals surface area contributed by atoms with Gasteiger partial charge in [-0.05, 0) is 24.3 Å². The van der Waals surface area contributed by atoms with Crippen LogP contribution < -0.4 is 5.32 Å². The van der Waals surface area contributed by atoms with E-state index in [4.69, 9.17) is 11.6 Å². The van der Waals surface area contributed by atoms with Crippen LogP contribution in [-0.4, -0.2) is 87.7 Å². The van der Waals surface area contributed by atoms with Crippen LogP contribution in [0.15, 0.2) is 29.2 Å². The van der Waals surface area contributed by atoms with Gasteiger partial charge in [-0.25, -0.2) is 8.42 Å². The molecule has 0 spiro atoms. The lowest BCUT2D eigenvalue weighted by molar-refractivity contribution is -0.131. The molecule has 1 saturated heterocycles. The molecule has 2 amide bonds. The molecule has 2 rings (SSSR count). The van der Waals surface area contributed by atoms with Gasteiger partial charge in [0.25, 0.3) is 0 Å². The SMILES string of the molecule is CN(C)C(=O)CNC(=O)CN1CCN(S(=O)(=O)c2ccc(Cl)cc2)CC1. The second-order valence-corrected chi connectivity index (χ2v) is 8.57. The van der Waals surface area contributed by atoms with E-state index in [2.05, 4.69) is 5.32 Å². The van der Waals surface area contributed by atoms with Crippen LogP contribution in [0.1, 0.15) is 0 Å². The van der Waals surface area contributed by atoms with Gasteiger partial charge < -0.3 is 10.2 Å². The summed E-state index contributed by atoms with van der Waals surface area (Å²) in [4.78, 5) is 26.8. The number of carbonyl (C=O) groups is 2. The Hall–Kier alpha value is -1.68. The fourth-order valence-electron chi connectivity index (χ4n) is 2.47. The largest absolute Gasteiger partial charge is 0.347 e. The summed E-state index contributed by atoms with van der Waals surface area (Å²) in [5, 5.41) is 3.05. The number of carbonyl (C=O) groups excluding carboxylic acids is 2. The molecule has 144 valence electrons. The number of hydrogen-bond donors (Lipinski definition) is 1. The molecule has 8 nitrogen and oxygen atoms in total. The highest BCUT2D eigenvalue weighted by Crippen LogP contribution is 2.19. The number of rotatable bonds is 6. The lowest BCUT2D eigenvalue weighted by atomic mass is 10.3. The lowest BCUT2D eigenvalue weighted by Gasteiger charge is -2.33. The number of amides is 2. The molecule has 1 aromatic carbocycles. The van der Waals surface area contributed by atoms with Gasteiger partial charge in [0.2, 0.25) is 21.8 Å². The van der Waals surface area contributed by atoms with Crippen molar-refractivity contribution in [2.24, 2.45) is 0 Å². The van der Waals surface area contributed by atoms with Gasteiger partial charge in [-0.15, -0.1) is 0 Å². The molecule has 1 heterocycles. The van der Waals surface area contributed by atoms with Crippen molar-refractivity contribution in [3.63, 3.8) is 0 Å². The number of hydrogen-bond acceptors (Lipinski definition) is 5. The van der Waals surface area contributed by atoms with Gasteiger partial charge in [-0.3, -0.25) is 14.5 Å². The van der Waals surface area contributed by atoms with Gasteiger partial charge in [0.05, 0.1) is 18.0 Å². The van der Waals surface area contributed by atoms with E-state index in [1.165, 1.54) is 21.3 Å². The van der Waals surface area contributed by atoms with Crippen molar-refractivity contribution in [2.45, 2.75) is 4.90 Å². The number of likely N-dealkylation sites (N-methyl/N-ethyl adjacent to an activating group) is 1. The quantitative estimate of drug-likeness (QED) is 0.714. The van der Waals surface area contributed by atoms with Gasteiger partial charge in [0, 0.05) is 45.3 Å². The van der Waals surface area contributed by atoms with Crippen LogP contribution in [0, 0.1) is 0 Å². The Labute approximate surface area is 158 Å². The minimum atomic E-state index is -3.56. The third-order valence-electron chi connectivity index (χ3n) is 4.09. The molecule has 10 heteroatoms. The normalized spacial score (nSPS) is 16.3. The van der Waals surface area contributed by atoms with Crippen LogP contribution >= 0.6 is 11.6 Å². The van der Waals surface area contributed by atoms with E-state index in [0.29, 0.717) is 31.2 Å². The number of halogens is 1. The number of benzene rings is 1. The van der Waals surface area contributed by atoms with Gasteiger partial charge in [-0.1, -0.05) is 11.6 Å². The molecule has 0 aromatic heterocycles. The Morgan fingerprint density at radius 3 is 2.23 bits per heavy atom. The molecular formula is C16H23ClN4O4S. The molecule has 0 unspecified atom stereocenters. The molecule has 0 bridgehead atoms. The summed E-state index contributed by atoms with van der Waals surface area (Å²) in [6.45, 7) is 1.58. The third kappa shape index (κ3) is 5.41. The first-order valence-corrected chi connectivity index (χ1v) is 9.97. The standard InChI is InChI=1S/C16H23ClN4O4S/c1-19(2)16(23)11-18-15(22)12-20-7-9-21(10-8-20)26(24,25)14-5-3-13(17)4-6-14/h3-6H,7-12H2,1-2H3,(H,18,22). The Morgan fingerprint density at radius 2 is 1.69 bits per heavy atom. The van der Waals surface area contributed by atoms with Gasteiger partial charge in [0.15, 0.2) is 0 Å². The predicted molar refractivity (Wildman–Crippen MR) is 98.4 cm³/mol. The molecular weight excluding hydrogens is 380 g/mol. The molecule has 26 heavy (non-hydrogen) atoms. The van der Waals surface area contributed by atoms with E-state index in [1.807, 2.05) is 4.90 Å². The second-order valence-electron chi connectivity index (χ2n) is 6.20. The Kier molecular flexibility index (Phi) is 6.99. The third-order valence-corrected chi connectivity index (χ3v) is 6.25. The van der Waals surface area contributed by atoms with Crippen LogP contribution in [0.25, 0.3) is 0 Å². The van der Waals surface area contributed by atoms with Crippen LogP contribution in [-0.2, 0) is 19.6 Å². The number of sulfonamides is 1. The molecule has 0 saturated carbocycles. The van der Waals surface area contributed by atoms with Gasteiger partial charge >= 0.3 is 0 Å². The number of nitrogens with zero attached hydrogens (tertiary/aromatic N) is 3. The number of piperazine rings is 1. The zero-order valence-electron chi connectivity index (χ0n) is 14.8. The Balaban J connectivity index is 1.84. The summed E-state index contributed by atoms with van der Waals surface area (Å²) < 4.78 is 26.6. The molecule has 1 aromatic rings. The predicted octanol–water partition coefficient (Wildman–Crippen LogP) is -0.149. The minimum Gasteiger partial charge on any atom is -0.347 e. The average Bonchev–Trinajstić information content (AvgIpc) is 2.60. The molecule has 1 aliphatic rings. The highest BCUT2D eigenvalue weighted by molar-refractivity contribution is 7.89. The number of nitrogens with one attached hydrogen (secondary N) is 1. The monoisotopic (exact) mass is 402 g/mol. The fourth-order valence-corrected chi connectivity index (χ4v) is 4.02. The summed E-state index contributed by atoms with van der Waals surface area (Å²) in [6, 6.07) is 6.06. The van der Waals surface area contributed by atoms with Crippen molar-refractivity contribution in [1.82, 2.24) is 19.4 Å². The minimum absolute atomic E-state index is 0.0449. The second kappa shape index (κ2) is 8.81. The van der Waals surface area contributed by atoms with Crippen LogP contribution in [0.2, 0.25) is 5.02 Å². The first-order valence-electron chi connectivity index (χ1n) is 8.15. The Morgan fingerprint density at radius 1 is 1.12 bits per heavy atom. The zero-order chi connectivity index (χ0) is 19.3. The van der Waals surface area contributed by atoms with Crippen LogP contribution in [0.3, 0.4) is 0 Å². The van der Waals surface area contributed by atoms with Crippen molar-refractivity contribution < 1.29 is 18.0 Å². The molecule has 0 radical (unpaired) electrons. The summed E-state index contributed by atoms with van der Waals surface area (Å²) in [7, 11) is -0.325. The fraction of sp³-hybridized carbons (Fsp3) is 0.500. The van der Waals surface area contributed by atoms with E-state index < -0.39 is 10.0 Å². The van der Waals surface area contributed by atoms with Crippen molar-refractivity contribution in [1.29, 1.82) is 0 Å². The Bertz CT molecular complexity index is 744. The first kappa shape index (κ1) is 20.6. The van der Waals surface area contributed by atoms with Gasteiger partial charge in [0.1, 0.15) is 0 Å². The maximum Gasteiger partial charge on any atom is 0.243 e. The summed E-state index contributed by atoms with van der Waals surface area (Å²) in [5.74, 6) is -0.438. The van der Waals surface area contributed by atoms with Crippen molar-refractivity contribution in [2.75, 3.05) is 53.4 Å². The molecule has 0 aliphatic carbocycles. The molecule has 1 N–H and O–H groups in total. The summed E-state index contributed by atoms with van der Waals surface area (Å²) >= 11 is 5.80. The van der Waals surface area contributed by atoms with E-state index in [-0.39, 0.29) is 29.8 Å². The maximum atomic E-state index is 12.6. The molecule has 1 fully saturated rings. The topological polar surface area (TPSA) is 90.0 Å². The smallest absolute Gasteiger partial charge is 0.243 e. The van der Waals surface area contributed by atoms with E-state index in [9.17, 15) is 18.0 Å². The summed E-state index contributed by atoms with van der Waals surface area (Å²) in [6.07, 6.45) is 0. The van der Waals surface area contributed by atoms with Crippen molar-refractivity contribution >= 4 is 33.4 Å². The molecule has 1 aliphatic heterocycles. The zero-order valence-corrected chi connectivity index (χ0v) is 16.4. The first-order chi connectivity index (χ1) is 12.2. The van der Waals surface area contributed by atoms with E-state index >= 15 is 0 Å². The summed E-state index contributed by atoms with van der Waals surface area (Å²) in [5.41, 5.74) is 0. The maximum absolute atomic E-state index is 12.6. The van der Waals surface area contributed by atoms with Crippen LogP contribution in [0.5, 0.6) is 0 Å². The van der Waals surface area contributed by atoms with Crippen molar-refractivity contribution in [3.05, 3.63) is 29.3 Å². The van der Waals surface area contributed by atoms with Crippen LogP contribution in [0.4, 0.5) is 0 Å². The molecule has 0 atom stereocenters. The highest BCUT2D eigenvalue weighted by atomic mass is 35.5.